The molecule has 1 nitrogen and oxygen atoms in total. The van der Waals surface area contributed by atoms with Crippen LogP contribution in [0.5, 0.6) is 0 Å². The molecule has 0 amide bonds. The van der Waals surface area contributed by atoms with E-state index in [1.54, 1.807) is 0 Å². The molecule has 0 saturated heterocycles. The summed E-state index contributed by atoms with van der Waals surface area (Å²) in [7, 11) is 0. The molecular formula is C5Cl5F7O. The highest BCUT2D eigenvalue weighted by molar-refractivity contribution is 6.51. The smallest absolute Gasteiger partial charge is 0.273 e. The molecule has 0 saturated carbocycles. The third kappa shape index (κ3) is 3.73. The Balaban J connectivity index is 5.33. The summed E-state index contributed by atoms with van der Waals surface area (Å²) < 4.78 is 86.8. The van der Waals surface area contributed by atoms with E-state index in [1.165, 1.54) is 0 Å². The van der Waals surface area contributed by atoms with Gasteiger partial charge in [0.15, 0.2) is 0 Å². The summed E-state index contributed by atoms with van der Waals surface area (Å²) in [5.74, 6) is -5.99. The van der Waals surface area contributed by atoms with Crippen LogP contribution in [0.1, 0.15) is 0 Å². The lowest BCUT2D eigenvalue weighted by atomic mass is 10.3. The maximum absolute atomic E-state index is 13.0. The number of hydrogen-bond donors (Lipinski definition) is 0. The highest BCUT2D eigenvalue weighted by Gasteiger charge is 2.74. The fourth-order valence-electron chi connectivity index (χ4n) is 0.448. The fraction of sp³-hybridized carbons (Fsp3) is 1.00. The topological polar surface area (TPSA) is 9.23 Å². The lowest BCUT2D eigenvalue weighted by Gasteiger charge is -2.34. The van der Waals surface area contributed by atoms with Crippen LogP contribution in [-0.2, 0) is 4.74 Å². The van der Waals surface area contributed by atoms with Gasteiger partial charge in [-0.2, -0.15) is 30.7 Å². The van der Waals surface area contributed by atoms with Gasteiger partial charge in [0.1, 0.15) is 0 Å². The van der Waals surface area contributed by atoms with Crippen LogP contribution in [0.4, 0.5) is 30.7 Å². The Morgan fingerprint density at radius 2 is 0.944 bits per heavy atom. The molecule has 0 spiro atoms. The number of ether oxygens (including phenoxy) is 1. The quantitative estimate of drug-likeness (QED) is 0.461. The molecule has 2 atom stereocenters. The third-order valence-corrected chi connectivity index (χ3v) is 2.88. The molecule has 0 bridgehead atoms. The second-order valence-corrected chi connectivity index (χ2v) is 5.39. The van der Waals surface area contributed by atoms with Crippen LogP contribution in [0.15, 0.2) is 0 Å². The molecule has 0 rings (SSSR count). The van der Waals surface area contributed by atoms with E-state index in [9.17, 15) is 30.7 Å². The van der Waals surface area contributed by atoms with Crippen LogP contribution < -0.4 is 0 Å². The molecule has 0 N–H and O–H groups in total. The normalized spacial score (nSPS) is 21.3. The number of hydrogen-bond acceptors (Lipinski definition) is 1. The van der Waals surface area contributed by atoms with Gasteiger partial charge in [-0.1, -0.05) is 23.2 Å². The van der Waals surface area contributed by atoms with Gasteiger partial charge in [-0.15, -0.1) is 0 Å². The van der Waals surface area contributed by atoms with Gasteiger partial charge >= 0.3 is 26.5 Å². The summed E-state index contributed by atoms with van der Waals surface area (Å²) in [4.78, 5) is 0. The Morgan fingerprint density at radius 1 is 0.611 bits per heavy atom. The summed E-state index contributed by atoms with van der Waals surface area (Å²) in [5.41, 5.74) is 0. The van der Waals surface area contributed by atoms with Gasteiger partial charge in [0.05, 0.1) is 0 Å². The molecule has 0 aromatic heterocycles. The minimum Gasteiger partial charge on any atom is -0.273 e. The van der Waals surface area contributed by atoms with E-state index in [4.69, 9.17) is 0 Å². The van der Waals surface area contributed by atoms with Gasteiger partial charge in [0.25, 0.3) is 0 Å². The zero-order chi connectivity index (χ0) is 15.2. The Bertz CT molecular complexity index is 308. The SMILES string of the molecule is FC(F)(Cl)C(F)(F)C(F)(Cl)OC(F)(Cl)C(F)(Cl)Cl. The zero-order valence-electron chi connectivity index (χ0n) is 7.44. The third-order valence-electron chi connectivity index (χ3n) is 1.31. The zero-order valence-corrected chi connectivity index (χ0v) is 11.2. The first-order chi connectivity index (χ1) is 7.46. The average Bonchev–Trinajstić information content (AvgIpc) is 1.96. The summed E-state index contributed by atoms with van der Waals surface area (Å²) in [5, 5.41) is -15.6. The van der Waals surface area contributed by atoms with Gasteiger partial charge in [0.2, 0.25) is 0 Å². The maximum Gasteiger partial charge on any atom is 0.396 e. The Labute approximate surface area is 120 Å². The predicted molar refractivity (Wildman–Crippen MR) is 51.8 cm³/mol. The highest BCUT2D eigenvalue weighted by atomic mass is 35.5. The van der Waals surface area contributed by atoms with Crippen molar-refractivity contribution in [2.45, 2.75) is 26.5 Å². The molecular weight excluding hydrogens is 386 g/mol. The van der Waals surface area contributed by atoms with Crippen LogP contribution in [0, 0.1) is 0 Å². The standard InChI is InChI=1S/C5Cl5F7O/c6-2(7,13)5(10,17)18-4(9,16)1(11,12)3(8,14)15. The largest absolute Gasteiger partial charge is 0.396 e. The van der Waals surface area contributed by atoms with Gasteiger partial charge in [-0.05, 0) is 34.8 Å². The highest BCUT2D eigenvalue weighted by Crippen LogP contribution is 2.54. The first-order valence-electron chi connectivity index (χ1n) is 3.43. The summed E-state index contributed by atoms with van der Waals surface area (Å²) in [6.07, 6.45) is 0. The number of rotatable bonds is 5. The lowest BCUT2D eigenvalue weighted by Crippen LogP contribution is -2.56. The molecule has 0 aliphatic carbocycles. The van der Waals surface area contributed by atoms with Gasteiger partial charge < -0.3 is 0 Å². The minimum atomic E-state index is -5.99. The summed E-state index contributed by atoms with van der Waals surface area (Å²) in [6, 6.07) is 0. The molecule has 0 aliphatic rings. The van der Waals surface area contributed by atoms with E-state index in [2.05, 4.69) is 62.7 Å². The molecule has 0 fully saturated rings. The Hall–Kier alpha value is 0.920. The van der Waals surface area contributed by atoms with E-state index >= 15 is 0 Å². The van der Waals surface area contributed by atoms with Crippen LogP contribution >= 0.6 is 58.0 Å². The monoisotopic (exact) mass is 384 g/mol. The van der Waals surface area contributed by atoms with Crippen molar-refractivity contribution >= 4 is 58.0 Å². The van der Waals surface area contributed by atoms with Crippen molar-refractivity contribution in [2.24, 2.45) is 0 Å². The molecule has 18 heavy (non-hydrogen) atoms. The van der Waals surface area contributed by atoms with Gasteiger partial charge in [-0.25, -0.2) is 0 Å². The van der Waals surface area contributed by atoms with Crippen molar-refractivity contribution in [2.75, 3.05) is 0 Å². The number of alkyl halides is 12. The molecule has 0 aliphatic heterocycles. The minimum absolute atomic E-state index is 2.83. The molecule has 0 aromatic rings. The van der Waals surface area contributed by atoms with E-state index in [0.717, 1.165) is 0 Å². The van der Waals surface area contributed by atoms with E-state index in [0.29, 0.717) is 0 Å². The number of halogens is 12. The van der Waals surface area contributed by atoms with Crippen LogP contribution in [0.3, 0.4) is 0 Å². The van der Waals surface area contributed by atoms with E-state index in [-0.39, 0.29) is 0 Å². The predicted octanol–water partition coefficient (Wildman–Crippen LogP) is 5.29. The van der Waals surface area contributed by atoms with Crippen molar-refractivity contribution in [1.29, 1.82) is 0 Å². The van der Waals surface area contributed by atoms with Crippen molar-refractivity contribution in [3.05, 3.63) is 0 Å². The van der Waals surface area contributed by atoms with Crippen molar-refractivity contribution in [3.8, 4) is 0 Å². The second-order valence-electron chi connectivity index (χ2n) is 2.71. The molecule has 2 unspecified atom stereocenters. The van der Waals surface area contributed by atoms with Crippen molar-refractivity contribution in [1.82, 2.24) is 0 Å². The summed E-state index contributed by atoms with van der Waals surface area (Å²) in [6.45, 7) is 0. The molecule has 0 heterocycles. The molecule has 13 heteroatoms. The van der Waals surface area contributed by atoms with Crippen LogP contribution in [-0.4, -0.2) is 26.5 Å². The lowest BCUT2D eigenvalue weighted by molar-refractivity contribution is -0.327. The maximum atomic E-state index is 13.0. The Kier molecular flexibility index (Phi) is 5.29. The first kappa shape index (κ1) is 18.9. The average molecular weight is 386 g/mol. The molecule has 0 radical (unpaired) electrons. The first-order valence-corrected chi connectivity index (χ1v) is 5.32. The Morgan fingerprint density at radius 3 is 1.17 bits per heavy atom. The molecule has 110 valence electrons. The summed E-state index contributed by atoms with van der Waals surface area (Å²) >= 11 is 21.2. The second kappa shape index (κ2) is 5.04. The molecule has 0 aromatic carbocycles. The van der Waals surface area contributed by atoms with Gasteiger partial charge in [0, 0.05) is 0 Å². The van der Waals surface area contributed by atoms with Crippen molar-refractivity contribution in [3.63, 3.8) is 0 Å². The van der Waals surface area contributed by atoms with E-state index < -0.39 is 26.5 Å². The van der Waals surface area contributed by atoms with E-state index in [1.807, 2.05) is 0 Å². The van der Waals surface area contributed by atoms with Crippen LogP contribution in [0.2, 0.25) is 0 Å². The fourth-order valence-corrected chi connectivity index (χ4v) is 1.07. The van der Waals surface area contributed by atoms with Gasteiger partial charge in [-0.3, -0.25) is 4.74 Å². The van der Waals surface area contributed by atoms with Crippen LogP contribution in [0.25, 0.3) is 0 Å². The van der Waals surface area contributed by atoms with Crippen molar-refractivity contribution < 1.29 is 35.5 Å².